The molecular weight excluding hydrogens is 751 g/mol. The van der Waals surface area contributed by atoms with E-state index in [0.717, 1.165) is 32.3 Å². The summed E-state index contributed by atoms with van der Waals surface area (Å²) in [4.78, 5) is 49.7. The summed E-state index contributed by atoms with van der Waals surface area (Å²) in [6, 6.07) is 26.0. The Kier molecular flexibility index (Phi) is 7.54. The van der Waals surface area contributed by atoms with Crippen LogP contribution in [0.15, 0.2) is 84.4 Å². The predicted molar refractivity (Wildman–Crippen MR) is 228 cm³/mol. The summed E-state index contributed by atoms with van der Waals surface area (Å²) in [5, 5.41) is 21.3. The highest BCUT2D eigenvalue weighted by molar-refractivity contribution is 7.13. The topological polar surface area (TPSA) is 274 Å². The van der Waals surface area contributed by atoms with E-state index < -0.39 is 5.97 Å². The van der Waals surface area contributed by atoms with Crippen LogP contribution >= 0.6 is 11.3 Å². The van der Waals surface area contributed by atoms with Crippen molar-refractivity contribution in [1.29, 1.82) is 5.26 Å². The second-order valence-corrected chi connectivity index (χ2v) is 14.7. The third kappa shape index (κ3) is 5.62. The summed E-state index contributed by atoms with van der Waals surface area (Å²) in [6.45, 7) is 0. The van der Waals surface area contributed by atoms with Crippen molar-refractivity contribution in [1.82, 2.24) is 39.9 Å². The number of thiophene rings is 1. The molecular formula is C42H27N13O2S. The minimum absolute atomic E-state index is 0.335. The Hall–Kier alpha value is -8.42. The molecule has 8 aromatic rings. The monoisotopic (exact) mass is 777 g/mol. The quantitative estimate of drug-likeness (QED) is 0.0521. The Balaban J connectivity index is 1.25. The number of nitrogen functional groups attached to an aromatic ring is 4. The number of H-pyrrole nitrogens is 2. The van der Waals surface area contributed by atoms with Crippen molar-refractivity contribution in [3.8, 4) is 51.6 Å². The van der Waals surface area contributed by atoms with Crippen LogP contribution in [0.1, 0.15) is 15.3 Å². The maximum atomic E-state index is 11.3. The Labute approximate surface area is 330 Å². The van der Waals surface area contributed by atoms with Crippen molar-refractivity contribution in [2.75, 3.05) is 22.9 Å². The molecule has 15 nitrogen and oxygen atoms in total. The van der Waals surface area contributed by atoms with Gasteiger partial charge >= 0.3 is 5.97 Å². The molecule has 11 N–H and O–H groups in total. The van der Waals surface area contributed by atoms with Crippen LogP contribution in [0.4, 0.5) is 22.7 Å². The van der Waals surface area contributed by atoms with Crippen molar-refractivity contribution in [2.45, 2.75) is 0 Å². The van der Waals surface area contributed by atoms with Crippen LogP contribution < -0.4 is 22.9 Å². The number of nitrogens with one attached hydrogen (secondary N) is 2. The zero-order chi connectivity index (χ0) is 39.8. The van der Waals surface area contributed by atoms with Gasteiger partial charge in [0.25, 0.3) is 0 Å². The van der Waals surface area contributed by atoms with E-state index in [0.29, 0.717) is 95.4 Å². The molecule has 58 heavy (non-hydrogen) atoms. The fraction of sp³-hybridized carbons (Fsp3) is 0. The van der Waals surface area contributed by atoms with E-state index >= 15 is 0 Å². The molecule has 0 fully saturated rings. The lowest BCUT2D eigenvalue weighted by Gasteiger charge is -2.04. The van der Waals surface area contributed by atoms with E-state index in [-0.39, 0.29) is 5.57 Å². The maximum Gasteiger partial charge on any atom is 0.346 e. The van der Waals surface area contributed by atoms with Gasteiger partial charge in [-0.05, 0) is 66.2 Å². The van der Waals surface area contributed by atoms with Crippen molar-refractivity contribution in [2.24, 2.45) is 0 Å². The van der Waals surface area contributed by atoms with Gasteiger partial charge in [-0.25, -0.2) is 34.7 Å². The van der Waals surface area contributed by atoms with Gasteiger partial charge in [0, 0.05) is 53.6 Å². The number of benzene rings is 4. The molecule has 6 heterocycles. The number of nitrogens with zero attached hydrogens (tertiary/aromatic N) is 7. The Bertz CT molecular complexity index is 3410. The van der Waals surface area contributed by atoms with Crippen LogP contribution in [0.25, 0.3) is 108 Å². The summed E-state index contributed by atoms with van der Waals surface area (Å²) in [5.41, 5.74) is 32.1. The molecule has 2 aliphatic heterocycles. The second kappa shape index (κ2) is 12.8. The van der Waals surface area contributed by atoms with E-state index in [1.54, 1.807) is 36.4 Å². The van der Waals surface area contributed by atoms with Gasteiger partial charge in [-0.3, -0.25) is 0 Å². The Morgan fingerprint density at radius 1 is 0.586 bits per heavy atom. The lowest BCUT2D eigenvalue weighted by Crippen LogP contribution is -1.96. The molecule has 0 spiro atoms. The van der Waals surface area contributed by atoms with Crippen LogP contribution in [0.2, 0.25) is 0 Å². The first-order chi connectivity index (χ1) is 28.1. The van der Waals surface area contributed by atoms with Gasteiger partial charge < -0.3 is 38.0 Å². The zero-order valence-electron chi connectivity index (χ0n) is 29.9. The molecule has 0 atom stereocenters. The fourth-order valence-electron chi connectivity index (χ4n) is 7.02. The maximum absolute atomic E-state index is 11.3. The number of fused-ring (bicyclic) bond motifs is 20. The van der Waals surface area contributed by atoms with Gasteiger partial charge in [0.15, 0.2) is 23.3 Å². The van der Waals surface area contributed by atoms with Gasteiger partial charge in [-0.2, -0.15) is 5.26 Å². The molecule has 0 radical (unpaired) electrons. The molecule has 8 bridgehead atoms. The summed E-state index contributed by atoms with van der Waals surface area (Å²) in [6.07, 6.45) is 5.21. The second-order valence-electron chi connectivity index (χ2n) is 13.6. The number of carbonyl (C=O) groups is 1. The van der Waals surface area contributed by atoms with Crippen molar-refractivity contribution < 1.29 is 9.90 Å². The number of aromatic nitrogens is 8. The van der Waals surface area contributed by atoms with Crippen LogP contribution in [0.5, 0.6) is 0 Å². The fourth-order valence-corrected chi connectivity index (χ4v) is 7.88. The van der Waals surface area contributed by atoms with Crippen molar-refractivity contribution >= 4 is 102 Å². The summed E-state index contributed by atoms with van der Waals surface area (Å²) >= 11 is 1.36. The van der Waals surface area contributed by atoms with Gasteiger partial charge in [0.2, 0.25) is 0 Å². The molecule has 4 aromatic heterocycles. The number of carboxylic acids is 1. The number of rotatable bonds is 4. The molecule has 10 rings (SSSR count). The van der Waals surface area contributed by atoms with E-state index in [4.69, 9.17) is 52.8 Å². The lowest BCUT2D eigenvalue weighted by atomic mass is 10.1. The van der Waals surface area contributed by atoms with Crippen LogP contribution in [-0.2, 0) is 4.79 Å². The lowest BCUT2D eigenvalue weighted by molar-refractivity contribution is -0.132. The number of hydrogen-bond acceptors (Lipinski definition) is 13. The molecule has 278 valence electrons. The minimum Gasteiger partial charge on any atom is -0.477 e. The van der Waals surface area contributed by atoms with E-state index in [9.17, 15) is 15.2 Å². The highest BCUT2D eigenvalue weighted by atomic mass is 32.1. The van der Waals surface area contributed by atoms with Gasteiger partial charge in [0.05, 0.1) is 22.7 Å². The molecule has 0 saturated carbocycles. The smallest absolute Gasteiger partial charge is 0.346 e. The van der Waals surface area contributed by atoms with Crippen molar-refractivity contribution in [3.63, 3.8) is 0 Å². The average molecular weight is 778 g/mol. The first-order valence-electron chi connectivity index (χ1n) is 17.7. The number of nitriles is 1. The number of anilines is 4. The SMILES string of the molecule is N#C/C(=C\c1ccc(/C=C/c2ccc3c4nc5nc(nc6[nH]c(nc7nc(nc([nH]4)c3c2)-c2cc(N)c(N)cc2-7)c2cc(N)c(N)cc62)-c2ccccc2-5)s1)C(=O)O. The Morgan fingerprint density at radius 2 is 1.07 bits per heavy atom. The number of aliphatic carboxylic acids is 1. The minimum atomic E-state index is -1.27. The molecule has 0 aliphatic carbocycles. The third-order valence-electron chi connectivity index (χ3n) is 9.89. The highest BCUT2D eigenvalue weighted by Crippen LogP contribution is 2.40. The zero-order valence-corrected chi connectivity index (χ0v) is 30.8. The summed E-state index contributed by atoms with van der Waals surface area (Å²) in [7, 11) is 0. The predicted octanol–water partition coefficient (Wildman–Crippen LogP) is 7.42. The molecule has 0 unspecified atom stereocenters. The largest absolute Gasteiger partial charge is 0.477 e. The average Bonchev–Trinajstić information content (AvgIpc) is 4.02. The van der Waals surface area contributed by atoms with Crippen LogP contribution in [0, 0.1) is 11.3 Å². The number of nitrogens with two attached hydrogens (primary N) is 4. The van der Waals surface area contributed by atoms with E-state index in [1.807, 2.05) is 60.7 Å². The molecule has 4 aromatic carbocycles. The van der Waals surface area contributed by atoms with Gasteiger partial charge in [0.1, 0.15) is 34.2 Å². The first kappa shape index (κ1) is 34.1. The third-order valence-corrected chi connectivity index (χ3v) is 10.9. The molecule has 2 aliphatic rings. The van der Waals surface area contributed by atoms with Crippen LogP contribution in [0.3, 0.4) is 0 Å². The van der Waals surface area contributed by atoms with E-state index in [2.05, 4.69) is 9.97 Å². The summed E-state index contributed by atoms with van der Waals surface area (Å²) in [5.74, 6) is 0.322. The standard InChI is InChI=1S/C42H27N13O2S/c43-17-19(42(56)57)12-21-9-8-20(58-21)7-5-18-6-10-24-25(11-18)37-51-36(24)49-34-22-3-1-2-4-23(22)35(48-34)50-38-26-13-30(44)31(45)14-27(26)40(53-38)55-41-29-16-33(47)32(46)15-28(29)39(52-37)54-41/h1-16H,44-47H2,(H,56,57)(H2,48,49,50,51,52,53,54,55)/b7-5+,19-12+. The first-order valence-corrected chi connectivity index (χ1v) is 18.5. The molecule has 16 heteroatoms. The molecule has 0 amide bonds. The summed E-state index contributed by atoms with van der Waals surface area (Å²) < 4.78 is 0. The van der Waals surface area contributed by atoms with Crippen LogP contribution in [-0.4, -0.2) is 50.9 Å². The number of hydrogen-bond donors (Lipinski definition) is 7. The highest BCUT2D eigenvalue weighted by Gasteiger charge is 2.23. The van der Waals surface area contributed by atoms with Gasteiger partial charge in [-0.1, -0.05) is 36.4 Å². The Morgan fingerprint density at radius 3 is 1.60 bits per heavy atom. The van der Waals surface area contributed by atoms with E-state index in [1.165, 1.54) is 17.4 Å². The normalized spacial score (nSPS) is 12.2. The molecule has 0 saturated heterocycles. The number of carboxylic acid groups (broad SMARTS) is 1. The number of aromatic amines is 2. The van der Waals surface area contributed by atoms with Gasteiger partial charge in [-0.15, -0.1) is 11.3 Å². The van der Waals surface area contributed by atoms with Crippen molar-refractivity contribution in [3.05, 3.63) is 99.8 Å².